The number of fused-ring (bicyclic) bond motifs is 2. The molecule has 0 bridgehead atoms. The molecule has 3 atom stereocenters. The van der Waals surface area contributed by atoms with Crippen LogP contribution in [0.15, 0.2) is 42.5 Å². The summed E-state index contributed by atoms with van der Waals surface area (Å²) < 4.78 is 16.7. The molecule has 2 N–H and O–H groups in total. The number of nitrogens with one attached hydrogen (secondary N) is 2. The van der Waals surface area contributed by atoms with Crippen molar-refractivity contribution in [1.82, 2.24) is 4.90 Å². The number of amides is 3. The fourth-order valence-electron chi connectivity index (χ4n) is 4.30. The normalized spacial score (nSPS) is 21.2. The third-order valence-corrected chi connectivity index (χ3v) is 6.16. The molecular formula is C25H26N4O6. The molecule has 2 aromatic rings. The number of nitriles is 1. The Morgan fingerprint density at radius 2 is 1.86 bits per heavy atom. The molecule has 1 fully saturated rings. The van der Waals surface area contributed by atoms with Crippen LogP contribution in [0.3, 0.4) is 0 Å². The van der Waals surface area contributed by atoms with Crippen LogP contribution in [0.4, 0.5) is 16.2 Å². The number of nitrogens with zero attached hydrogens (tertiary/aromatic N) is 2. The maximum absolute atomic E-state index is 13.3. The van der Waals surface area contributed by atoms with Gasteiger partial charge in [-0.3, -0.25) is 9.59 Å². The van der Waals surface area contributed by atoms with Crippen molar-refractivity contribution in [3.8, 4) is 11.8 Å². The molecule has 1 saturated heterocycles. The summed E-state index contributed by atoms with van der Waals surface area (Å²) in [7, 11) is 3.06. The lowest BCUT2D eigenvalue weighted by Gasteiger charge is -2.42. The topological polar surface area (TPSA) is 130 Å². The van der Waals surface area contributed by atoms with Gasteiger partial charge in [-0.25, -0.2) is 4.79 Å². The van der Waals surface area contributed by atoms with Gasteiger partial charge in [0.15, 0.2) is 0 Å². The average molecular weight is 479 g/mol. The lowest BCUT2D eigenvalue weighted by molar-refractivity contribution is -0.151. The zero-order chi connectivity index (χ0) is 24.9. The molecule has 4 rings (SSSR count). The van der Waals surface area contributed by atoms with Crippen LogP contribution in [0.1, 0.15) is 35.2 Å². The molecule has 10 heteroatoms. The van der Waals surface area contributed by atoms with E-state index in [0.717, 1.165) is 0 Å². The molecule has 2 aliphatic heterocycles. The third-order valence-electron chi connectivity index (χ3n) is 6.16. The van der Waals surface area contributed by atoms with Crippen molar-refractivity contribution in [2.75, 3.05) is 31.4 Å². The monoisotopic (exact) mass is 478 g/mol. The number of ether oxygens (including phenoxy) is 3. The van der Waals surface area contributed by atoms with E-state index >= 15 is 0 Å². The molecule has 182 valence electrons. The van der Waals surface area contributed by atoms with Gasteiger partial charge in [0.05, 0.1) is 42.9 Å². The number of anilines is 2. The molecule has 2 aliphatic rings. The predicted molar refractivity (Wildman–Crippen MR) is 126 cm³/mol. The van der Waals surface area contributed by atoms with Crippen molar-refractivity contribution >= 4 is 29.3 Å². The van der Waals surface area contributed by atoms with Gasteiger partial charge in [-0.15, -0.1) is 0 Å². The molecule has 35 heavy (non-hydrogen) atoms. The first-order valence-electron chi connectivity index (χ1n) is 11.2. The Morgan fingerprint density at radius 1 is 1.14 bits per heavy atom. The lowest BCUT2D eigenvalue weighted by atomic mass is 9.94. The molecule has 0 radical (unpaired) electrons. The van der Waals surface area contributed by atoms with Crippen LogP contribution in [-0.4, -0.2) is 61.8 Å². The standard InChI is InChI=1S/C25H26N4O6/c1-29-20-9-8-18(12-23(30)33-2)35-22(20)14-34-21-10-7-17(11-19(21)24(29)31)28-25(32)27-16-5-3-15(13-26)4-6-16/h3-7,10-11,18,20,22H,8-9,12,14H2,1-2H3,(H2,27,28,32)/t18-,20-,22+/m0/s1. The largest absolute Gasteiger partial charge is 0.490 e. The highest BCUT2D eigenvalue weighted by molar-refractivity contribution is 6.02. The second kappa shape index (κ2) is 10.4. The molecule has 10 nitrogen and oxygen atoms in total. The van der Waals surface area contributed by atoms with Gasteiger partial charge in [0.25, 0.3) is 5.91 Å². The summed E-state index contributed by atoms with van der Waals surface area (Å²) in [5.41, 5.74) is 1.78. The highest BCUT2D eigenvalue weighted by Crippen LogP contribution is 2.32. The number of carbonyl (C=O) groups excluding carboxylic acids is 3. The minimum Gasteiger partial charge on any atom is -0.490 e. The molecule has 0 spiro atoms. The maximum Gasteiger partial charge on any atom is 0.323 e. The average Bonchev–Trinajstić information content (AvgIpc) is 2.86. The van der Waals surface area contributed by atoms with Crippen molar-refractivity contribution in [2.24, 2.45) is 0 Å². The Bertz CT molecular complexity index is 1160. The number of carbonyl (C=O) groups is 3. The number of esters is 1. The van der Waals surface area contributed by atoms with E-state index in [0.29, 0.717) is 41.1 Å². The van der Waals surface area contributed by atoms with Gasteiger partial charge >= 0.3 is 12.0 Å². The highest BCUT2D eigenvalue weighted by Gasteiger charge is 2.39. The number of urea groups is 1. The number of hydrogen-bond acceptors (Lipinski definition) is 7. The molecule has 2 aromatic carbocycles. The van der Waals surface area contributed by atoms with E-state index in [2.05, 4.69) is 10.6 Å². The number of methoxy groups -OCH3 is 1. The van der Waals surface area contributed by atoms with Gasteiger partial charge in [0.2, 0.25) is 0 Å². The fraction of sp³-hybridized carbons (Fsp3) is 0.360. The Hall–Kier alpha value is -4.10. The van der Waals surface area contributed by atoms with Crippen LogP contribution in [0, 0.1) is 11.3 Å². The Kier molecular flexibility index (Phi) is 7.17. The van der Waals surface area contributed by atoms with Crippen LogP contribution < -0.4 is 15.4 Å². The summed E-state index contributed by atoms with van der Waals surface area (Å²) in [6.07, 6.45) is 0.788. The van der Waals surface area contributed by atoms with E-state index < -0.39 is 6.03 Å². The zero-order valence-corrected chi connectivity index (χ0v) is 19.4. The Balaban J connectivity index is 1.45. The second-order valence-electron chi connectivity index (χ2n) is 8.43. The first-order chi connectivity index (χ1) is 16.9. The fourth-order valence-corrected chi connectivity index (χ4v) is 4.30. The molecule has 0 aliphatic carbocycles. The van der Waals surface area contributed by atoms with E-state index in [1.165, 1.54) is 7.11 Å². The van der Waals surface area contributed by atoms with Gasteiger partial charge in [-0.05, 0) is 55.3 Å². The van der Waals surface area contributed by atoms with E-state index in [4.69, 9.17) is 19.5 Å². The summed E-state index contributed by atoms with van der Waals surface area (Å²) in [6.45, 7) is 0.221. The highest BCUT2D eigenvalue weighted by atomic mass is 16.5. The number of likely N-dealkylation sites (N-methyl/N-ethyl adjacent to an activating group) is 1. The van der Waals surface area contributed by atoms with Gasteiger partial charge in [-0.1, -0.05) is 0 Å². The van der Waals surface area contributed by atoms with Crippen LogP contribution in [0.2, 0.25) is 0 Å². The van der Waals surface area contributed by atoms with Crippen molar-refractivity contribution in [3.63, 3.8) is 0 Å². The summed E-state index contributed by atoms with van der Waals surface area (Å²) in [4.78, 5) is 39.0. The van der Waals surface area contributed by atoms with Crippen molar-refractivity contribution in [3.05, 3.63) is 53.6 Å². The van der Waals surface area contributed by atoms with E-state index in [1.54, 1.807) is 54.4 Å². The number of benzene rings is 2. The van der Waals surface area contributed by atoms with Crippen molar-refractivity contribution < 1.29 is 28.6 Å². The Labute approximate surface area is 202 Å². The SMILES string of the molecule is COC(=O)C[C@@H]1CC[C@H]2[C@@H](COc3ccc(NC(=O)Nc4ccc(C#N)cc4)cc3C(=O)N2C)O1. The quantitative estimate of drug-likeness (QED) is 0.646. The first-order valence-corrected chi connectivity index (χ1v) is 11.2. The maximum atomic E-state index is 13.3. The second-order valence-corrected chi connectivity index (χ2v) is 8.43. The van der Waals surface area contributed by atoms with Crippen molar-refractivity contribution in [2.45, 2.75) is 37.5 Å². The smallest absolute Gasteiger partial charge is 0.323 e. The molecule has 0 aromatic heterocycles. The minimum absolute atomic E-state index is 0.160. The van der Waals surface area contributed by atoms with Crippen LogP contribution in [0.5, 0.6) is 5.75 Å². The van der Waals surface area contributed by atoms with Gasteiger partial charge in [0, 0.05) is 18.4 Å². The lowest BCUT2D eigenvalue weighted by Crippen LogP contribution is -2.53. The van der Waals surface area contributed by atoms with Crippen LogP contribution in [-0.2, 0) is 14.3 Å². The van der Waals surface area contributed by atoms with Gasteiger partial charge in [0.1, 0.15) is 18.5 Å². The number of hydrogen-bond donors (Lipinski definition) is 2. The predicted octanol–water partition coefficient (Wildman–Crippen LogP) is 3.15. The summed E-state index contributed by atoms with van der Waals surface area (Å²) in [5, 5.41) is 14.3. The third kappa shape index (κ3) is 5.53. The molecule has 2 heterocycles. The summed E-state index contributed by atoms with van der Waals surface area (Å²) in [5.74, 6) is -0.198. The van der Waals surface area contributed by atoms with Crippen LogP contribution in [0.25, 0.3) is 0 Å². The van der Waals surface area contributed by atoms with Crippen LogP contribution >= 0.6 is 0 Å². The minimum atomic E-state index is -0.486. The van der Waals surface area contributed by atoms with E-state index in [-0.39, 0.29) is 43.2 Å². The van der Waals surface area contributed by atoms with Gasteiger partial charge in [-0.2, -0.15) is 5.26 Å². The molecular weight excluding hydrogens is 452 g/mol. The summed E-state index contributed by atoms with van der Waals surface area (Å²) >= 11 is 0. The van der Waals surface area contributed by atoms with E-state index in [1.807, 2.05) is 6.07 Å². The zero-order valence-electron chi connectivity index (χ0n) is 19.4. The molecule has 0 saturated carbocycles. The molecule has 3 amide bonds. The first kappa shape index (κ1) is 24.0. The van der Waals surface area contributed by atoms with Crippen molar-refractivity contribution in [1.29, 1.82) is 5.26 Å². The van der Waals surface area contributed by atoms with Gasteiger partial charge < -0.3 is 29.7 Å². The number of rotatable bonds is 4. The summed E-state index contributed by atoms with van der Waals surface area (Å²) in [6, 6.07) is 12.6. The van der Waals surface area contributed by atoms with E-state index in [9.17, 15) is 14.4 Å². The Morgan fingerprint density at radius 3 is 2.57 bits per heavy atom. The molecule has 0 unspecified atom stereocenters.